The van der Waals surface area contributed by atoms with Crippen LogP contribution in [0.5, 0.6) is 5.75 Å². The van der Waals surface area contributed by atoms with E-state index >= 15 is 0 Å². The van der Waals surface area contributed by atoms with Gasteiger partial charge in [-0.15, -0.1) is 0 Å². The third-order valence-electron chi connectivity index (χ3n) is 3.97. The lowest BCUT2D eigenvalue weighted by molar-refractivity contribution is 0.0849. The van der Waals surface area contributed by atoms with E-state index in [-0.39, 0.29) is 11.3 Å². The normalized spacial score (nSPS) is 13.4. The van der Waals surface area contributed by atoms with Gasteiger partial charge in [-0.3, -0.25) is 9.78 Å². The summed E-state index contributed by atoms with van der Waals surface area (Å²) >= 11 is 0. The van der Waals surface area contributed by atoms with Crippen molar-refractivity contribution in [2.75, 3.05) is 0 Å². The van der Waals surface area contributed by atoms with E-state index in [1.54, 1.807) is 43.5 Å². The monoisotopic (exact) mass is 322 g/mol. The number of aliphatic hydroxyl groups excluding tert-OH is 1. The molecule has 0 radical (unpaired) electrons. The van der Waals surface area contributed by atoms with E-state index in [0.29, 0.717) is 5.52 Å². The van der Waals surface area contributed by atoms with Gasteiger partial charge in [0, 0.05) is 11.6 Å². The number of carbonyl (C=O) groups excluding carboxylic acids is 1. The Morgan fingerprint density at radius 1 is 1.08 bits per heavy atom. The van der Waals surface area contributed by atoms with Crippen LogP contribution in [0.1, 0.15) is 28.9 Å². The summed E-state index contributed by atoms with van der Waals surface area (Å²) in [5, 5.41) is 24.1. The fourth-order valence-electron chi connectivity index (χ4n) is 2.62. The van der Waals surface area contributed by atoms with E-state index in [9.17, 15) is 15.0 Å². The molecule has 3 aromatic rings. The van der Waals surface area contributed by atoms with Gasteiger partial charge in [-0.05, 0) is 24.6 Å². The zero-order valence-corrected chi connectivity index (χ0v) is 13.2. The summed E-state index contributed by atoms with van der Waals surface area (Å²) in [5.74, 6) is -0.616. The Bertz CT molecular complexity index is 865. The van der Waals surface area contributed by atoms with Gasteiger partial charge < -0.3 is 15.5 Å². The van der Waals surface area contributed by atoms with Crippen LogP contribution >= 0.6 is 0 Å². The van der Waals surface area contributed by atoms with Crippen LogP contribution in [-0.4, -0.2) is 27.1 Å². The van der Waals surface area contributed by atoms with Crippen molar-refractivity contribution in [1.29, 1.82) is 0 Å². The maximum absolute atomic E-state index is 12.4. The quantitative estimate of drug-likeness (QED) is 0.690. The molecule has 2 atom stereocenters. The SMILES string of the molecule is C[C@H](NC(=O)c1ccc2cccnc2c1O)[C@H](O)c1ccccc1. The first-order chi connectivity index (χ1) is 11.6. The molecule has 24 heavy (non-hydrogen) atoms. The number of pyridine rings is 1. The minimum absolute atomic E-state index is 0.133. The number of nitrogens with zero attached hydrogens (tertiary/aromatic N) is 1. The summed E-state index contributed by atoms with van der Waals surface area (Å²) in [6, 6.07) is 15.5. The van der Waals surface area contributed by atoms with Crippen molar-refractivity contribution in [3.05, 3.63) is 71.9 Å². The number of carbonyl (C=O) groups is 1. The molecule has 0 spiro atoms. The molecule has 0 saturated carbocycles. The van der Waals surface area contributed by atoms with Crippen LogP contribution in [0.15, 0.2) is 60.8 Å². The number of aromatic hydroxyl groups is 1. The van der Waals surface area contributed by atoms with Crippen molar-refractivity contribution >= 4 is 16.8 Å². The molecule has 0 fully saturated rings. The average Bonchev–Trinajstić information content (AvgIpc) is 2.62. The molecule has 3 rings (SSSR count). The number of aromatic nitrogens is 1. The number of phenols is 1. The number of fused-ring (bicyclic) bond motifs is 1. The Morgan fingerprint density at radius 2 is 1.83 bits per heavy atom. The first-order valence-electron chi connectivity index (χ1n) is 7.68. The third-order valence-corrected chi connectivity index (χ3v) is 3.97. The van der Waals surface area contributed by atoms with Gasteiger partial charge in [-0.2, -0.15) is 0 Å². The van der Waals surface area contributed by atoms with Crippen LogP contribution < -0.4 is 5.32 Å². The molecular weight excluding hydrogens is 304 g/mol. The maximum Gasteiger partial charge on any atom is 0.255 e. The van der Waals surface area contributed by atoms with Crippen molar-refractivity contribution in [2.45, 2.75) is 19.1 Å². The Morgan fingerprint density at radius 3 is 2.58 bits per heavy atom. The summed E-state index contributed by atoms with van der Waals surface area (Å²) in [4.78, 5) is 16.6. The van der Waals surface area contributed by atoms with Crippen LogP contribution in [0.25, 0.3) is 10.9 Å². The molecule has 3 N–H and O–H groups in total. The van der Waals surface area contributed by atoms with E-state index in [0.717, 1.165) is 10.9 Å². The van der Waals surface area contributed by atoms with Gasteiger partial charge >= 0.3 is 0 Å². The molecule has 1 amide bonds. The molecule has 1 heterocycles. The van der Waals surface area contributed by atoms with E-state index in [2.05, 4.69) is 10.3 Å². The zero-order valence-electron chi connectivity index (χ0n) is 13.2. The van der Waals surface area contributed by atoms with Gasteiger partial charge in [0.15, 0.2) is 5.75 Å². The summed E-state index contributed by atoms with van der Waals surface area (Å²) in [7, 11) is 0. The number of rotatable bonds is 4. The molecule has 2 aromatic carbocycles. The van der Waals surface area contributed by atoms with Gasteiger partial charge in [0.05, 0.1) is 17.7 Å². The minimum Gasteiger partial charge on any atom is -0.505 e. The smallest absolute Gasteiger partial charge is 0.255 e. The molecule has 0 aliphatic heterocycles. The molecule has 5 nitrogen and oxygen atoms in total. The van der Waals surface area contributed by atoms with Gasteiger partial charge in [0.1, 0.15) is 5.52 Å². The Balaban J connectivity index is 1.81. The lowest BCUT2D eigenvalue weighted by atomic mass is 10.0. The highest BCUT2D eigenvalue weighted by atomic mass is 16.3. The van der Waals surface area contributed by atoms with Crippen molar-refractivity contribution < 1.29 is 15.0 Å². The Labute approximate surface area is 139 Å². The fraction of sp³-hybridized carbons (Fsp3) is 0.158. The predicted octanol–water partition coefficient (Wildman–Crippen LogP) is 2.79. The fourth-order valence-corrected chi connectivity index (χ4v) is 2.62. The first-order valence-corrected chi connectivity index (χ1v) is 7.68. The van der Waals surface area contributed by atoms with E-state index < -0.39 is 18.1 Å². The standard InChI is InChI=1S/C19H18N2O3/c1-12(17(22)14-6-3-2-4-7-14)21-19(24)15-10-9-13-8-5-11-20-16(13)18(15)23/h2-12,17,22-23H,1H3,(H,21,24)/t12-,17-/m0/s1. The molecular formula is C19H18N2O3. The van der Waals surface area contributed by atoms with Crippen molar-refractivity contribution in [2.24, 2.45) is 0 Å². The van der Waals surface area contributed by atoms with Gasteiger partial charge in [-0.25, -0.2) is 0 Å². The second kappa shape index (κ2) is 6.68. The van der Waals surface area contributed by atoms with Crippen LogP contribution in [0.3, 0.4) is 0 Å². The number of amides is 1. The number of hydrogen-bond acceptors (Lipinski definition) is 4. The highest BCUT2D eigenvalue weighted by Crippen LogP contribution is 2.27. The second-order valence-corrected chi connectivity index (χ2v) is 5.65. The van der Waals surface area contributed by atoms with Crippen molar-refractivity contribution in [1.82, 2.24) is 10.3 Å². The zero-order chi connectivity index (χ0) is 17.1. The highest BCUT2D eigenvalue weighted by molar-refractivity contribution is 6.02. The number of hydrogen-bond donors (Lipinski definition) is 3. The summed E-state index contributed by atoms with van der Waals surface area (Å²) in [6.07, 6.45) is 0.724. The number of phenolic OH excluding ortho intramolecular Hbond substituents is 1. The van der Waals surface area contributed by atoms with E-state index in [1.807, 2.05) is 24.3 Å². The lowest BCUT2D eigenvalue weighted by Crippen LogP contribution is -2.37. The topological polar surface area (TPSA) is 82.5 Å². The van der Waals surface area contributed by atoms with Gasteiger partial charge in [0.2, 0.25) is 0 Å². The predicted molar refractivity (Wildman–Crippen MR) is 91.7 cm³/mol. The molecule has 122 valence electrons. The van der Waals surface area contributed by atoms with Gasteiger partial charge in [-0.1, -0.05) is 42.5 Å². The van der Waals surface area contributed by atoms with Crippen LogP contribution in [0, 0.1) is 0 Å². The molecule has 1 aromatic heterocycles. The average molecular weight is 322 g/mol. The van der Waals surface area contributed by atoms with E-state index in [4.69, 9.17) is 0 Å². The third kappa shape index (κ3) is 3.07. The molecule has 0 unspecified atom stereocenters. The maximum atomic E-state index is 12.4. The van der Waals surface area contributed by atoms with Crippen LogP contribution in [-0.2, 0) is 0 Å². The molecule has 0 aliphatic carbocycles. The van der Waals surface area contributed by atoms with Crippen molar-refractivity contribution in [3.8, 4) is 5.75 Å². The van der Waals surface area contributed by atoms with Crippen LogP contribution in [0.4, 0.5) is 0 Å². The molecule has 0 saturated heterocycles. The number of benzene rings is 2. The van der Waals surface area contributed by atoms with Gasteiger partial charge in [0.25, 0.3) is 5.91 Å². The van der Waals surface area contributed by atoms with Crippen LogP contribution in [0.2, 0.25) is 0 Å². The summed E-state index contributed by atoms with van der Waals surface area (Å²) in [5.41, 5.74) is 1.23. The second-order valence-electron chi connectivity index (χ2n) is 5.65. The molecule has 0 aliphatic rings. The van der Waals surface area contributed by atoms with Crippen molar-refractivity contribution in [3.63, 3.8) is 0 Å². The molecule has 5 heteroatoms. The highest BCUT2D eigenvalue weighted by Gasteiger charge is 2.21. The first kappa shape index (κ1) is 16.0. The summed E-state index contributed by atoms with van der Waals surface area (Å²) in [6.45, 7) is 1.71. The molecule has 0 bridgehead atoms. The largest absolute Gasteiger partial charge is 0.505 e. The number of nitrogens with one attached hydrogen (secondary N) is 1. The lowest BCUT2D eigenvalue weighted by Gasteiger charge is -2.21. The minimum atomic E-state index is -0.837. The Kier molecular flexibility index (Phi) is 4.44. The summed E-state index contributed by atoms with van der Waals surface area (Å²) < 4.78 is 0. The Hall–Kier alpha value is -2.92. The van der Waals surface area contributed by atoms with E-state index in [1.165, 1.54) is 0 Å². The number of aliphatic hydroxyl groups is 1.